The minimum atomic E-state index is -0.839. The smallest absolute Gasteiger partial charge is 0.306 e. The lowest BCUT2D eigenvalue weighted by atomic mass is 10.1. The van der Waals surface area contributed by atoms with Gasteiger partial charge in [0.1, 0.15) is 13.2 Å². The Labute approximate surface area is 472 Å². The van der Waals surface area contributed by atoms with Crippen LogP contribution in [-0.2, 0) is 28.6 Å². The van der Waals surface area contributed by atoms with Gasteiger partial charge in [-0.3, -0.25) is 14.4 Å². The molecule has 0 heterocycles. The third-order valence-corrected chi connectivity index (χ3v) is 12.2. The van der Waals surface area contributed by atoms with Gasteiger partial charge in [-0.1, -0.05) is 242 Å². The Kier molecular flexibility index (Phi) is 59.0. The van der Waals surface area contributed by atoms with Gasteiger partial charge >= 0.3 is 17.9 Å². The van der Waals surface area contributed by atoms with Crippen LogP contribution >= 0.6 is 0 Å². The van der Waals surface area contributed by atoms with Crippen LogP contribution in [0.4, 0.5) is 0 Å². The summed E-state index contributed by atoms with van der Waals surface area (Å²) in [5.74, 6) is -1.05. The standard InChI is InChI=1S/C71H110O6/c1-4-7-10-13-16-19-22-25-28-30-31-32-33-34-35-36-37-38-39-41-43-46-49-52-55-58-61-64-70(73)76-67-68(66-75-69(72)63-60-57-54-51-48-45-42-27-24-21-18-15-12-9-6-3)77-71(74)65-62-59-56-53-50-47-44-40-29-26-23-20-17-14-11-8-5-2/h7-8,10-11,16-17,19-20,25-29,31-32,34-35,37-38,41-44,47,49,52-53,56,68H,4-6,9,12-15,18,21-24,30,33,36,39-40,45-46,48,50-51,54-55,57-67H2,1-3H3/b10-7-,11-8-,19-16-,20-17-,28-25-,29-26-,32-31-,35-34-,38-37-,42-27-,43-41-,47-44-,52-49-,56-53-. The van der Waals surface area contributed by atoms with E-state index in [9.17, 15) is 14.4 Å². The maximum atomic E-state index is 12.9. The van der Waals surface area contributed by atoms with Crippen molar-refractivity contribution in [2.45, 2.75) is 245 Å². The minimum absolute atomic E-state index is 0.127. The van der Waals surface area contributed by atoms with Crippen molar-refractivity contribution in [3.05, 3.63) is 170 Å². The Morgan fingerprint density at radius 1 is 0.273 bits per heavy atom. The topological polar surface area (TPSA) is 78.9 Å². The van der Waals surface area contributed by atoms with Crippen LogP contribution in [0.2, 0.25) is 0 Å². The summed E-state index contributed by atoms with van der Waals surface area (Å²) in [5, 5.41) is 0. The van der Waals surface area contributed by atoms with E-state index in [1.165, 1.54) is 51.4 Å². The molecular weight excluding hydrogens is 949 g/mol. The number of hydrogen-bond acceptors (Lipinski definition) is 6. The number of rotatable bonds is 53. The molecule has 1 atom stereocenters. The van der Waals surface area contributed by atoms with Crippen molar-refractivity contribution in [3.8, 4) is 0 Å². The van der Waals surface area contributed by atoms with Gasteiger partial charge in [0.2, 0.25) is 0 Å². The number of unbranched alkanes of at least 4 members (excludes halogenated alkanes) is 14. The maximum absolute atomic E-state index is 12.9. The number of esters is 3. The summed E-state index contributed by atoms with van der Waals surface area (Å²) in [4.78, 5) is 38.2. The lowest BCUT2D eigenvalue weighted by Crippen LogP contribution is -2.30. The van der Waals surface area contributed by atoms with Gasteiger partial charge in [0.15, 0.2) is 6.10 Å². The van der Waals surface area contributed by atoms with Gasteiger partial charge in [-0.15, -0.1) is 0 Å². The average molecular weight is 1060 g/mol. The first-order valence-corrected chi connectivity index (χ1v) is 30.6. The van der Waals surface area contributed by atoms with Crippen molar-refractivity contribution >= 4 is 17.9 Å². The molecule has 0 radical (unpaired) electrons. The Bertz CT molecular complexity index is 1790. The number of allylic oxidation sites excluding steroid dienone is 28. The molecular formula is C71H110O6. The van der Waals surface area contributed by atoms with Gasteiger partial charge < -0.3 is 14.2 Å². The molecule has 0 saturated carbocycles. The Morgan fingerprint density at radius 3 is 0.870 bits per heavy atom. The maximum Gasteiger partial charge on any atom is 0.306 e. The van der Waals surface area contributed by atoms with Gasteiger partial charge in [0.25, 0.3) is 0 Å². The quantitative estimate of drug-likeness (QED) is 0.0261. The number of carbonyl (C=O) groups is 3. The minimum Gasteiger partial charge on any atom is -0.462 e. The molecule has 0 aliphatic carbocycles. The van der Waals surface area contributed by atoms with Crippen molar-refractivity contribution in [2.24, 2.45) is 0 Å². The molecule has 0 aliphatic rings. The van der Waals surface area contributed by atoms with Crippen molar-refractivity contribution < 1.29 is 28.6 Å². The van der Waals surface area contributed by atoms with Crippen LogP contribution in [-0.4, -0.2) is 37.2 Å². The van der Waals surface area contributed by atoms with E-state index < -0.39 is 6.10 Å². The summed E-state index contributed by atoms with van der Waals surface area (Å²) < 4.78 is 16.8. The van der Waals surface area contributed by atoms with Crippen molar-refractivity contribution in [2.75, 3.05) is 13.2 Å². The highest BCUT2D eigenvalue weighted by Gasteiger charge is 2.19. The summed E-state index contributed by atoms with van der Waals surface area (Å²) in [6.07, 6.45) is 93.6. The number of carbonyl (C=O) groups excluding carboxylic acids is 3. The highest BCUT2D eigenvalue weighted by molar-refractivity contribution is 5.71. The third-order valence-electron chi connectivity index (χ3n) is 12.2. The molecule has 0 aromatic rings. The van der Waals surface area contributed by atoms with E-state index in [1.54, 1.807) is 0 Å². The Hall–Kier alpha value is -5.23. The van der Waals surface area contributed by atoms with Crippen molar-refractivity contribution in [1.82, 2.24) is 0 Å². The monoisotopic (exact) mass is 1060 g/mol. The lowest BCUT2D eigenvalue weighted by Gasteiger charge is -2.18. The zero-order valence-corrected chi connectivity index (χ0v) is 49.1. The zero-order valence-electron chi connectivity index (χ0n) is 49.1. The van der Waals surface area contributed by atoms with Crippen LogP contribution in [0.5, 0.6) is 0 Å². The molecule has 0 rings (SSSR count). The molecule has 0 aromatic carbocycles. The van der Waals surface area contributed by atoms with Crippen LogP contribution in [0, 0.1) is 0 Å². The van der Waals surface area contributed by atoms with E-state index >= 15 is 0 Å². The summed E-state index contributed by atoms with van der Waals surface area (Å²) in [7, 11) is 0. The molecule has 0 bridgehead atoms. The van der Waals surface area contributed by atoms with Crippen molar-refractivity contribution in [1.29, 1.82) is 0 Å². The SMILES string of the molecule is CC/C=C\C/C=C\C/C=C\C/C=C\C/C=C\C/C=C\C/C=C\C/C=C\CCCCC(=O)OCC(COC(=O)CCCCCCC/C=C\CCCCCCCC)OC(=O)CCC/C=C\C/C=C\C/C=C\C/C=C\C/C=C\CC. The highest BCUT2D eigenvalue weighted by Crippen LogP contribution is 2.12. The molecule has 77 heavy (non-hydrogen) atoms. The zero-order chi connectivity index (χ0) is 55.7. The largest absolute Gasteiger partial charge is 0.462 e. The fraction of sp³-hybridized carbons (Fsp3) is 0.563. The second-order valence-corrected chi connectivity index (χ2v) is 19.5. The molecule has 0 aliphatic heterocycles. The van der Waals surface area contributed by atoms with E-state index in [0.29, 0.717) is 19.3 Å². The van der Waals surface area contributed by atoms with Gasteiger partial charge in [-0.05, 0) is 148 Å². The van der Waals surface area contributed by atoms with Crippen LogP contribution in [0.25, 0.3) is 0 Å². The average Bonchev–Trinajstić information content (AvgIpc) is 3.43. The van der Waals surface area contributed by atoms with Gasteiger partial charge in [0, 0.05) is 19.3 Å². The van der Waals surface area contributed by atoms with Gasteiger partial charge in [-0.2, -0.15) is 0 Å². The Morgan fingerprint density at radius 2 is 0.519 bits per heavy atom. The molecule has 430 valence electrons. The summed E-state index contributed by atoms with van der Waals surface area (Å²) in [6.45, 7) is 6.30. The Balaban J connectivity index is 4.55. The molecule has 6 nitrogen and oxygen atoms in total. The van der Waals surface area contributed by atoms with E-state index in [-0.39, 0.29) is 44.0 Å². The molecule has 0 N–H and O–H groups in total. The third kappa shape index (κ3) is 61.5. The predicted octanol–water partition coefficient (Wildman–Crippen LogP) is 21.1. The fourth-order valence-electron chi connectivity index (χ4n) is 7.66. The first-order valence-electron chi connectivity index (χ1n) is 30.6. The summed E-state index contributed by atoms with van der Waals surface area (Å²) in [6, 6.07) is 0. The number of hydrogen-bond donors (Lipinski definition) is 0. The van der Waals surface area contributed by atoms with Gasteiger partial charge in [0.05, 0.1) is 0 Å². The van der Waals surface area contributed by atoms with E-state index in [2.05, 4.69) is 191 Å². The highest BCUT2D eigenvalue weighted by atomic mass is 16.6. The second kappa shape index (κ2) is 63.3. The number of ether oxygens (including phenoxy) is 3. The first-order chi connectivity index (χ1) is 38.0. The van der Waals surface area contributed by atoms with Gasteiger partial charge in [-0.25, -0.2) is 0 Å². The second-order valence-electron chi connectivity index (χ2n) is 19.5. The van der Waals surface area contributed by atoms with Crippen molar-refractivity contribution in [3.63, 3.8) is 0 Å². The molecule has 1 unspecified atom stereocenters. The predicted molar refractivity (Wildman–Crippen MR) is 334 cm³/mol. The van der Waals surface area contributed by atoms with Crippen LogP contribution in [0.1, 0.15) is 239 Å². The van der Waals surface area contributed by atoms with E-state index in [1.807, 2.05) is 0 Å². The lowest BCUT2D eigenvalue weighted by molar-refractivity contribution is -0.167. The molecule has 0 amide bonds. The van der Waals surface area contributed by atoms with Crippen LogP contribution < -0.4 is 0 Å². The molecule has 0 spiro atoms. The molecule has 6 heteroatoms. The molecule has 0 fully saturated rings. The molecule has 0 aromatic heterocycles. The first kappa shape index (κ1) is 71.8. The van der Waals surface area contributed by atoms with E-state index in [4.69, 9.17) is 14.2 Å². The fourth-order valence-corrected chi connectivity index (χ4v) is 7.66. The van der Waals surface area contributed by atoms with Crippen LogP contribution in [0.3, 0.4) is 0 Å². The molecule has 0 saturated heterocycles. The normalized spacial score (nSPS) is 13.3. The summed E-state index contributed by atoms with van der Waals surface area (Å²) in [5.41, 5.74) is 0. The van der Waals surface area contributed by atoms with E-state index in [0.717, 1.165) is 135 Å². The van der Waals surface area contributed by atoms with Crippen LogP contribution in [0.15, 0.2) is 170 Å². The summed E-state index contributed by atoms with van der Waals surface area (Å²) >= 11 is 0.